The van der Waals surface area contributed by atoms with E-state index >= 15 is 0 Å². The number of nitrogens with two attached hydrogens (primary N) is 2. The molecule has 4 N–H and O–H groups in total. The van der Waals surface area contributed by atoms with E-state index in [2.05, 4.69) is 36.4 Å². The molecule has 0 bridgehead atoms. The topological polar surface area (TPSA) is 52.0 Å². The molecule has 154 valence electrons. The largest absolute Gasteiger partial charge is 0.396 e. The molecule has 0 aromatic heterocycles. The van der Waals surface area contributed by atoms with E-state index < -0.39 is 0 Å². The second-order valence-electron chi connectivity index (χ2n) is 7.56. The zero-order chi connectivity index (χ0) is 21.9. The minimum absolute atomic E-state index is 0.362. The molecule has 0 spiro atoms. The van der Waals surface area contributed by atoms with Crippen LogP contribution >= 0.6 is 46.4 Å². The average Bonchev–Trinajstić information content (AvgIpc) is 3.13. The van der Waals surface area contributed by atoms with Gasteiger partial charge in [-0.25, -0.2) is 0 Å². The van der Waals surface area contributed by atoms with Crippen LogP contribution in [0, 0.1) is 0 Å². The molecule has 0 amide bonds. The quantitative estimate of drug-likeness (QED) is 0.246. The van der Waals surface area contributed by atoms with Crippen LogP contribution in [0.4, 0.5) is 11.4 Å². The van der Waals surface area contributed by atoms with Crippen LogP contribution in [0.1, 0.15) is 11.1 Å². The first-order valence-electron chi connectivity index (χ1n) is 9.59. The minimum Gasteiger partial charge on any atom is -0.396 e. The average molecular weight is 486 g/mol. The van der Waals surface area contributed by atoms with E-state index in [1.54, 1.807) is 0 Å². The summed E-state index contributed by atoms with van der Waals surface area (Å²) in [7, 11) is 0. The summed E-state index contributed by atoms with van der Waals surface area (Å²) in [6.45, 7) is 0. The molecule has 2 nitrogen and oxygen atoms in total. The molecule has 0 saturated heterocycles. The Morgan fingerprint density at radius 3 is 1.71 bits per heavy atom. The third-order valence-corrected chi connectivity index (χ3v) is 7.00. The summed E-state index contributed by atoms with van der Waals surface area (Å²) >= 11 is 25.5. The highest BCUT2D eigenvalue weighted by atomic mass is 35.5. The van der Waals surface area contributed by atoms with E-state index in [0.717, 1.165) is 28.7 Å². The Morgan fingerprint density at radius 2 is 1.10 bits per heavy atom. The lowest BCUT2D eigenvalue weighted by molar-refractivity contribution is 1.26. The molecule has 1 aliphatic carbocycles. The van der Waals surface area contributed by atoms with Gasteiger partial charge in [0.05, 0.1) is 31.5 Å². The van der Waals surface area contributed by atoms with Crippen LogP contribution in [0.5, 0.6) is 0 Å². The van der Waals surface area contributed by atoms with Crippen LogP contribution in [0.3, 0.4) is 0 Å². The smallest absolute Gasteiger partial charge is 0.0693 e. The van der Waals surface area contributed by atoms with E-state index in [4.69, 9.17) is 57.9 Å². The fourth-order valence-corrected chi connectivity index (χ4v) is 5.22. The summed E-state index contributed by atoms with van der Waals surface area (Å²) in [5.74, 6) is 0. The Bertz CT molecular complexity index is 1330. The van der Waals surface area contributed by atoms with Gasteiger partial charge < -0.3 is 11.5 Å². The molecule has 0 saturated carbocycles. The van der Waals surface area contributed by atoms with E-state index in [9.17, 15) is 0 Å². The monoisotopic (exact) mass is 484 g/mol. The van der Waals surface area contributed by atoms with Crippen molar-refractivity contribution in [2.45, 2.75) is 6.42 Å². The minimum atomic E-state index is 0.362. The van der Waals surface area contributed by atoms with Crippen LogP contribution in [0.15, 0.2) is 60.7 Å². The van der Waals surface area contributed by atoms with Crippen molar-refractivity contribution in [3.8, 4) is 33.4 Å². The number of fused-ring (bicyclic) bond motifs is 3. The molecule has 0 radical (unpaired) electrons. The SMILES string of the molecule is Nc1c(Cl)cc(-c2ccc3c(c2-c2cc(Cl)c(N)c(Cl)c2)Cc2ccccc2-3)cc1Cl. The number of hydrogen-bond acceptors (Lipinski definition) is 2. The lowest BCUT2D eigenvalue weighted by Gasteiger charge is -2.18. The van der Waals surface area contributed by atoms with Crippen molar-refractivity contribution in [2.75, 3.05) is 11.5 Å². The Hall–Kier alpha value is -2.36. The Morgan fingerprint density at radius 1 is 0.581 bits per heavy atom. The fraction of sp³-hybridized carbons (Fsp3) is 0.0400. The van der Waals surface area contributed by atoms with Gasteiger partial charge in [0, 0.05) is 0 Å². The third kappa shape index (κ3) is 3.35. The lowest BCUT2D eigenvalue weighted by Crippen LogP contribution is -1.96. The third-order valence-electron chi connectivity index (χ3n) is 5.75. The fourth-order valence-electron chi connectivity index (χ4n) is 4.25. The van der Waals surface area contributed by atoms with Gasteiger partial charge in [-0.1, -0.05) is 82.8 Å². The van der Waals surface area contributed by atoms with Gasteiger partial charge >= 0.3 is 0 Å². The molecule has 31 heavy (non-hydrogen) atoms. The van der Waals surface area contributed by atoms with Crippen molar-refractivity contribution in [1.82, 2.24) is 0 Å². The maximum Gasteiger partial charge on any atom is 0.0693 e. The number of hydrogen-bond donors (Lipinski definition) is 2. The summed E-state index contributed by atoms with van der Waals surface area (Å²) in [5.41, 5.74) is 21.3. The maximum absolute atomic E-state index is 6.41. The van der Waals surface area contributed by atoms with Gasteiger partial charge in [0.1, 0.15) is 0 Å². The Kier molecular flexibility index (Phi) is 5.07. The summed E-state index contributed by atoms with van der Waals surface area (Å²) in [6, 6.07) is 20.0. The van der Waals surface area contributed by atoms with Gasteiger partial charge in [-0.15, -0.1) is 0 Å². The molecule has 5 rings (SSSR count). The second-order valence-corrected chi connectivity index (χ2v) is 9.18. The van der Waals surface area contributed by atoms with E-state index in [-0.39, 0.29) is 0 Å². The highest BCUT2D eigenvalue weighted by molar-refractivity contribution is 6.40. The molecule has 4 aromatic rings. The maximum atomic E-state index is 6.41. The number of benzene rings is 4. The van der Waals surface area contributed by atoms with Crippen LogP contribution in [-0.4, -0.2) is 0 Å². The molecule has 0 heterocycles. The van der Waals surface area contributed by atoms with Crippen LogP contribution in [0.2, 0.25) is 20.1 Å². The Balaban J connectivity index is 1.84. The van der Waals surface area contributed by atoms with Crippen molar-refractivity contribution in [3.05, 3.63) is 91.9 Å². The predicted octanol–water partition coefficient (Wildman–Crippen LogP) is 8.37. The molecule has 1 aliphatic rings. The van der Waals surface area contributed by atoms with Crippen molar-refractivity contribution in [2.24, 2.45) is 0 Å². The number of rotatable bonds is 2. The van der Waals surface area contributed by atoms with Crippen molar-refractivity contribution in [1.29, 1.82) is 0 Å². The van der Waals surface area contributed by atoms with Crippen molar-refractivity contribution in [3.63, 3.8) is 0 Å². The molecule has 0 atom stereocenters. The van der Waals surface area contributed by atoms with Gasteiger partial charge in [0.25, 0.3) is 0 Å². The highest BCUT2D eigenvalue weighted by Crippen LogP contribution is 2.48. The van der Waals surface area contributed by atoms with Crippen LogP contribution in [0.25, 0.3) is 33.4 Å². The Labute approximate surface area is 200 Å². The number of nitrogen functional groups attached to an aromatic ring is 2. The number of anilines is 2. The predicted molar refractivity (Wildman–Crippen MR) is 134 cm³/mol. The summed E-state index contributed by atoms with van der Waals surface area (Å²) in [4.78, 5) is 0. The summed E-state index contributed by atoms with van der Waals surface area (Å²) < 4.78 is 0. The number of halogens is 4. The van der Waals surface area contributed by atoms with Crippen LogP contribution in [-0.2, 0) is 6.42 Å². The first kappa shape index (κ1) is 20.5. The first-order valence-corrected chi connectivity index (χ1v) is 11.1. The van der Waals surface area contributed by atoms with Gasteiger partial charge in [-0.05, 0) is 75.2 Å². The summed E-state index contributed by atoms with van der Waals surface area (Å²) in [5, 5.41) is 1.64. The molecule has 0 aliphatic heterocycles. The van der Waals surface area contributed by atoms with Crippen molar-refractivity contribution >= 4 is 57.8 Å². The zero-order valence-corrected chi connectivity index (χ0v) is 19.2. The van der Waals surface area contributed by atoms with Gasteiger partial charge in [-0.3, -0.25) is 0 Å². The van der Waals surface area contributed by atoms with Crippen molar-refractivity contribution < 1.29 is 0 Å². The van der Waals surface area contributed by atoms with E-state index in [1.807, 2.05) is 24.3 Å². The highest BCUT2D eigenvalue weighted by Gasteiger charge is 2.25. The first-order chi connectivity index (χ1) is 14.8. The second kappa shape index (κ2) is 7.65. The zero-order valence-electron chi connectivity index (χ0n) is 16.1. The molecule has 0 unspecified atom stereocenters. The molecule has 0 fully saturated rings. The molecule has 4 aromatic carbocycles. The molecule has 6 heteroatoms. The lowest BCUT2D eigenvalue weighted by atomic mass is 9.87. The standard InChI is InChI=1S/C25H16Cl4N2/c26-19-8-13(9-20(27)24(19)30)16-5-6-17-15-4-2-1-3-12(15)7-18(17)23(16)14-10-21(28)25(31)22(29)11-14/h1-6,8-11H,7,30-31H2. The molecular formula is C25H16Cl4N2. The van der Waals surface area contributed by atoms with Gasteiger partial charge in [0.15, 0.2) is 0 Å². The van der Waals surface area contributed by atoms with Gasteiger partial charge in [-0.2, -0.15) is 0 Å². The molecular weight excluding hydrogens is 470 g/mol. The summed E-state index contributed by atoms with van der Waals surface area (Å²) in [6.07, 6.45) is 0.796. The van der Waals surface area contributed by atoms with Gasteiger partial charge in [0.2, 0.25) is 0 Å². The van der Waals surface area contributed by atoms with E-state index in [0.29, 0.717) is 31.5 Å². The van der Waals surface area contributed by atoms with E-state index in [1.165, 1.54) is 22.3 Å². The normalized spacial score (nSPS) is 12.0. The van der Waals surface area contributed by atoms with Crippen LogP contribution < -0.4 is 11.5 Å².